The number of unbranched alkanes of at least 4 members (excludes halogenated alkanes) is 4. The Balaban J connectivity index is 3.46. The molecule has 2 unspecified atom stereocenters. The summed E-state index contributed by atoms with van der Waals surface area (Å²) in [6.07, 6.45) is 8.21. The molecule has 0 rings (SSSR count). The van der Waals surface area contributed by atoms with Gasteiger partial charge in [0.25, 0.3) is 0 Å². The predicted octanol–water partition coefficient (Wildman–Crippen LogP) is 3.07. The van der Waals surface area contributed by atoms with Gasteiger partial charge in [0.15, 0.2) is 0 Å². The zero-order valence-electron chi connectivity index (χ0n) is 9.82. The van der Waals surface area contributed by atoms with Crippen LogP contribution in [0.1, 0.15) is 39.0 Å². The van der Waals surface area contributed by atoms with Crippen LogP contribution in [0.25, 0.3) is 0 Å². The monoisotopic (exact) mass is 212 g/mol. The highest BCUT2D eigenvalue weighted by atomic mass is 16.5. The summed E-state index contributed by atoms with van der Waals surface area (Å²) in [6, 6.07) is 0. The van der Waals surface area contributed by atoms with Crippen LogP contribution in [0.3, 0.4) is 0 Å². The number of hydrogen-bond donors (Lipinski definition) is 1. The molecule has 0 heterocycles. The Morgan fingerprint density at radius 2 is 1.80 bits per heavy atom. The van der Waals surface area contributed by atoms with Crippen molar-refractivity contribution in [1.29, 1.82) is 0 Å². The first-order valence-electron chi connectivity index (χ1n) is 5.81. The third-order valence-corrected chi connectivity index (χ3v) is 2.37. The Bertz CT molecular complexity index is 166. The van der Waals surface area contributed by atoms with Crippen molar-refractivity contribution in [3.8, 4) is 0 Å². The molecule has 88 valence electrons. The Labute approximate surface area is 93.6 Å². The number of hydrogen-bond acceptors (Lipinski definition) is 2. The van der Waals surface area contributed by atoms with E-state index in [1.54, 1.807) is 6.08 Å². The van der Waals surface area contributed by atoms with Gasteiger partial charge in [0, 0.05) is 6.61 Å². The summed E-state index contributed by atoms with van der Waals surface area (Å²) in [5, 5.41) is 9.44. The van der Waals surface area contributed by atoms with Crippen molar-refractivity contribution in [2.24, 2.45) is 0 Å². The van der Waals surface area contributed by atoms with E-state index in [2.05, 4.69) is 20.1 Å². The summed E-state index contributed by atoms with van der Waals surface area (Å²) in [7, 11) is 0. The Kier molecular flexibility index (Phi) is 9.54. The summed E-state index contributed by atoms with van der Waals surface area (Å²) < 4.78 is 5.48. The van der Waals surface area contributed by atoms with Crippen LogP contribution < -0.4 is 0 Å². The van der Waals surface area contributed by atoms with Gasteiger partial charge in [-0.05, 0) is 6.42 Å². The van der Waals surface area contributed by atoms with Gasteiger partial charge in [-0.3, -0.25) is 0 Å². The number of rotatable bonds is 10. The lowest BCUT2D eigenvalue weighted by Crippen LogP contribution is -2.25. The van der Waals surface area contributed by atoms with Crippen LogP contribution >= 0.6 is 0 Å². The Morgan fingerprint density at radius 1 is 1.13 bits per heavy atom. The predicted molar refractivity (Wildman–Crippen MR) is 64.9 cm³/mol. The minimum absolute atomic E-state index is 0.311. The molecular formula is C13H24O2. The van der Waals surface area contributed by atoms with Crippen LogP contribution in [0.4, 0.5) is 0 Å². The fourth-order valence-corrected chi connectivity index (χ4v) is 1.37. The molecule has 0 aromatic heterocycles. The maximum Gasteiger partial charge on any atom is 0.105 e. The van der Waals surface area contributed by atoms with E-state index in [4.69, 9.17) is 4.74 Å². The second-order valence-corrected chi connectivity index (χ2v) is 3.71. The van der Waals surface area contributed by atoms with E-state index in [1.165, 1.54) is 31.8 Å². The van der Waals surface area contributed by atoms with Crippen molar-refractivity contribution < 1.29 is 9.84 Å². The molecule has 0 aliphatic rings. The maximum atomic E-state index is 9.44. The fraction of sp³-hybridized carbons (Fsp3) is 0.692. The molecule has 0 saturated carbocycles. The van der Waals surface area contributed by atoms with E-state index in [1.807, 2.05) is 0 Å². The van der Waals surface area contributed by atoms with Crippen molar-refractivity contribution in [3.63, 3.8) is 0 Å². The highest BCUT2D eigenvalue weighted by Gasteiger charge is 2.11. The maximum absolute atomic E-state index is 9.44. The summed E-state index contributed by atoms with van der Waals surface area (Å²) in [5.41, 5.74) is 0. The van der Waals surface area contributed by atoms with E-state index >= 15 is 0 Å². The van der Waals surface area contributed by atoms with Crippen LogP contribution in [0.2, 0.25) is 0 Å². The van der Waals surface area contributed by atoms with Crippen LogP contribution in [-0.4, -0.2) is 23.9 Å². The van der Waals surface area contributed by atoms with Gasteiger partial charge in [-0.15, -0.1) is 13.2 Å². The molecule has 0 saturated heterocycles. The van der Waals surface area contributed by atoms with E-state index < -0.39 is 6.10 Å². The van der Waals surface area contributed by atoms with Crippen molar-refractivity contribution in [3.05, 3.63) is 25.3 Å². The van der Waals surface area contributed by atoms with Gasteiger partial charge in [-0.25, -0.2) is 0 Å². The van der Waals surface area contributed by atoms with E-state index in [0.29, 0.717) is 6.61 Å². The molecule has 2 atom stereocenters. The summed E-state index contributed by atoms with van der Waals surface area (Å²) in [4.78, 5) is 0. The molecular weight excluding hydrogens is 188 g/mol. The molecule has 0 aromatic carbocycles. The number of aliphatic hydroxyl groups is 1. The van der Waals surface area contributed by atoms with Crippen LogP contribution in [0, 0.1) is 0 Å². The first kappa shape index (κ1) is 14.4. The molecule has 0 aliphatic carbocycles. The smallest absolute Gasteiger partial charge is 0.105 e. The highest BCUT2D eigenvalue weighted by Crippen LogP contribution is 2.06. The molecule has 0 aliphatic heterocycles. The molecule has 0 aromatic rings. The Morgan fingerprint density at radius 3 is 2.33 bits per heavy atom. The second-order valence-electron chi connectivity index (χ2n) is 3.71. The molecule has 2 heteroatoms. The van der Waals surface area contributed by atoms with E-state index in [0.717, 1.165) is 6.42 Å². The summed E-state index contributed by atoms with van der Waals surface area (Å²) >= 11 is 0. The zero-order chi connectivity index (χ0) is 11.5. The molecule has 2 nitrogen and oxygen atoms in total. The van der Waals surface area contributed by atoms with Gasteiger partial charge in [0.1, 0.15) is 12.2 Å². The van der Waals surface area contributed by atoms with Crippen molar-refractivity contribution in [2.45, 2.75) is 51.2 Å². The van der Waals surface area contributed by atoms with Gasteiger partial charge in [-0.1, -0.05) is 44.8 Å². The average molecular weight is 212 g/mol. The largest absolute Gasteiger partial charge is 0.386 e. The third-order valence-electron chi connectivity index (χ3n) is 2.37. The highest BCUT2D eigenvalue weighted by molar-refractivity contribution is 4.94. The molecule has 0 radical (unpaired) electrons. The third kappa shape index (κ3) is 7.34. The SMILES string of the molecule is C=CC(O)C(C=C)OCCCCCCC. The van der Waals surface area contributed by atoms with Crippen LogP contribution in [-0.2, 0) is 4.74 Å². The van der Waals surface area contributed by atoms with E-state index in [9.17, 15) is 5.11 Å². The summed E-state index contributed by atoms with van der Waals surface area (Å²) in [5.74, 6) is 0. The zero-order valence-corrected chi connectivity index (χ0v) is 9.82. The van der Waals surface area contributed by atoms with Crippen molar-refractivity contribution in [2.75, 3.05) is 6.61 Å². The molecule has 0 spiro atoms. The average Bonchev–Trinajstić information content (AvgIpc) is 2.27. The van der Waals surface area contributed by atoms with Crippen molar-refractivity contribution >= 4 is 0 Å². The fourth-order valence-electron chi connectivity index (χ4n) is 1.37. The van der Waals surface area contributed by atoms with Gasteiger partial charge in [-0.2, -0.15) is 0 Å². The first-order chi connectivity index (χ1) is 7.26. The standard InChI is InChI=1S/C13H24O2/c1-4-7-8-9-10-11-15-13(6-3)12(14)5-2/h5-6,12-14H,2-4,7-11H2,1H3. The Hall–Kier alpha value is -0.600. The topological polar surface area (TPSA) is 29.5 Å². The second kappa shape index (κ2) is 9.94. The molecule has 1 N–H and O–H groups in total. The van der Waals surface area contributed by atoms with Gasteiger partial charge in [0.05, 0.1) is 0 Å². The first-order valence-corrected chi connectivity index (χ1v) is 5.81. The molecule has 15 heavy (non-hydrogen) atoms. The molecule has 0 amide bonds. The number of aliphatic hydroxyl groups excluding tert-OH is 1. The van der Waals surface area contributed by atoms with Gasteiger partial charge < -0.3 is 9.84 Å². The lowest BCUT2D eigenvalue weighted by Gasteiger charge is -2.17. The molecule has 0 bridgehead atoms. The summed E-state index contributed by atoms with van der Waals surface area (Å²) in [6.45, 7) is 10.0. The lowest BCUT2D eigenvalue weighted by atomic mass is 10.1. The van der Waals surface area contributed by atoms with Crippen LogP contribution in [0.15, 0.2) is 25.3 Å². The number of ether oxygens (including phenoxy) is 1. The molecule has 0 fully saturated rings. The minimum Gasteiger partial charge on any atom is -0.386 e. The van der Waals surface area contributed by atoms with E-state index in [-0.39, 0.29) is 6.10 Å². The lowest BCUT2D eigenvalue weighted by molar-refractivity contribution is 0.0100. The minimum atomic E-state index is -0.641. The normalized spacial score (nSPS) is 14.5. The van der Waals surface area contributed by atoms with Crippen LogP contribution in [0.5, 0.6) is 0 Å². The van der Waals surface area contributed by atoms with Crippen molar-refractivity contribution in [1.82, 2.24) is 0 Å². The van der Waals surface area contributed by atoms with Gasteiger partial charge >= 0.3 is 0 Å². The van der Waals surface area contributed by atoms with Gasteiger partial charge in [0.2, 0.25) is 0 Å². The quantitative estimate of drug-likeness (QED) is 0.445.